The third kappa shape index (κ3) is 2.01. The molecule has 1 aliphatic carbocycles. The first-order valence-corrected chi connectivity index (χ1v) is 3.04. The predicted octanol–water partition coefficient (Wildman–Crippen LogP) is 1.41. The molecule has 1 saturated carbocycles. The maximum Gasteiger partial charge on any atom is -0.00489 e. The van der Waals surface area contributed by atoms with E-state index in [0.717, 1.165) is 18.4 Å². The van der Waals surface area contributed by atoms with Gasteiger partial charge in [0, 0.05) is 0 Å². The van der Waals surface area contributed by atoms with Crippen LogP contribution in [0.15, 0.2) is 0 Å². The lowest BCUT2D eigenvalue weighted by Gasteiger charge is -2.01. The van der Waals surface area contributed by atoms with E-state index in [1.54, 1.807) is 0 Å². The van der Waals surface area contributed by atoms with E-state index in [9.17, 15) is 0 Å². The molecule has 0 bridgehead atoms. The van der Waals surface area contributed by atoms with Gasteiger partial charge in [0.2, 0.25) is 0 Å². The second-order valence-electron chi connectivity index (χ2n) is 2.55. The molecule has 1 rings (SSSR count). The first-order chi connectivity index (χ1) is 3.34. The average Bonchev–Trinajstić information content (AvgIpc) is 2.44. The molecular weight excluding hydrogens is 122 g/mol. The van der Waals surface area contributed by atoms with Crippen LogP contribution in [0.5, 0.6) is 0 Å². The average molecular weight is 136 g/mol. The van der Waals surface area contributed by atoms with Crippen molar-refractivity contribution in [3.63, 3.8) is 0 Å². The van der Waals surface area contributed by atoms with E-state index in [2.05, 4.69) is 6.92 Å². The summed E-state index contributed by atoms with van der Waals surface area (Å²) < 4.78 is 0. The summed E-state index contributed by atoms with van der Waals surface area (Å²) >= 11 is 0. The Kier molecular flexibility index (Phi) is 3.41. The molecule has 1 aliphatic rings. The zero-order chi connectivity index (χ0) is 5.28. The molecule has 0 aromatic carbocycles. The predicted molar refractivity (Wildman–Crippen MR) is 38.2 cm³/mol. The molecule has 0 aromatic rings. The normalized spacial score (nSPS) is 21.8. The van der Waals surface area contributed by atoms with E-state index >= 15 is 0 Å². The van der Waals surface area contributed by atoms with Crippen LogP contribution in [-0.2, 0) is 0 Å². The standard InChI is InChI=1S/C6H13N.ClH/c1-5(4-7)6-2-3-6;/h5-6H,2-4,7H2,1H3;1H. The highest BCUT2D eigenvalue weighted by molar-refractivity contribution is 5.85. The summed E-state index contributed by atoms with van der Waals surface area (Å²) in [5, 5.41) is 0. The van der Waals surface area contributed by atoms with Crippen LogP contribution < -0.4 is 5.73 Å². The Balaban J connectivity index is 0.000000490. The fourth-order valence-corrected chi connectivity index (χ4v) is 0.858. The minimum Gasteiger partial charge on any atom is -0.330 e. The Hall–Kier alpha value is 0.250. The molecular formula is C6H14ClN. The topological polar surface area (TPSA) is 26.0 Å². The summed E-state index contributed by atoms with van der Waals surface area (Å²) in [5.74, 6) is 1.78. The van der Waals surface area contributed by atoms with Gasteiger partial charge < -0.3 is 5.73 Å². The monoisotopic (exact) mass is 135 g/mol. The molecule has 0 aromatic heterocycles. The second-order valence-corrected chi connectivity index (χ2v) is 2.55. The van der Waals surface area contributed by atoms with Crippen LogP contribution in [0, 0.1) is 11.8 Å². The van der Waals surface area contributed by atoms with Gasteiger partial charge >= 0.3 is 0 Å². The third-order valence-corrected chi connectivity index (χ3v) is 1.80. The first kappa shape index (κ1) is 8.25. The smallest absolute Gasteiger partial charge is 0.00489 e. The quantitative estimate of drug-likeness (QED) is 0.609. The minimum absolute atomic E-state index is 0. The molecule has 0 amide bonds. The summed E-state index contributed by atoms with van der Waals surface area (Å²) in [6, 6.07) is 0. The first-order valence-electron chi connectivity index (χ1n) is 3.04. The number of nitrogens with two attached hydrogens (primary N) is 1. The van der Waals surface area contributed by atoms with Gasteiger partial charge in [0.15, 0.2) is 0 Å². The number of hydrogen-bond acceptors (Lipinski definition) is 1. The largest absolute Gasteiger partial charge is 0.330 e. The van der Waals surface area contributed by atoms with Crippen LogP contribution in [-0.4, -0.2) is 6.54 Å². The van der Waals surface area contributed by atoms with Gasteiger partial charge in [-0.25, -0.2) is 0 Å². The molecule has 0 heterocycles. The van der Waals surface area contributed by atoms with Gasteiger partial charge in [0.25, 0.3) is 0 Å². The molecule has 8 heavy (non-hydrogen) atoms. The van der Waals surface area contributed by atoms with Gasteiger partial charge in [0.05, 0.1) is 0 Å². The summed E-state index contributed by atoms with van der Waals surface area (Å²) in [4.78, 5) is 0. The van der Waals surface area contributed by atoms with Crippen molar-refractivity contribution in [3.8, 4) is 0 Å². The van der Waals surface area contributed by atoms with Gasteiger partial charge in [-0.05, 0) is 31.2 Å². The Morgan fingerprint density at radius 3 is 2.25 bits per heavy atom. The summed E-state index contributed by atoms with van der Waals surface area (Å²) in [5.41, 5.74) is 5.41. The van der Waals surface area contributed by atoms with Crippen LogP contribution in [0.1, 0.15) is 19.8 Å². The molecule has 0 spiro atoms. The van der Waals surface area contributed by atoms with Crippen molar-refractivity contribution in [1.29, 1.82) is 0 Å². The summed E-state index contributed by atoms with van der Waals surface area (Å²) in [7, 11) is 0. The van der Waals surface area contributed by atoms with Crippen LogP contribution in [0.3, 0.4) is 0 Å². The molecule has 0 radical (unpaired) electrons. The Bertz CT molecular complexity index is 61.5. The Morgan fingerprint density at radius 1 is 1.62 bits per heavy atom. The van der Waals surface area contributed by atoms with E-state index < -0.39 is 0 Å². The highest BCUT2D eigenvalue weighted by Crippen LogP contribution is 2.35. The molecule has 2 heteroatoms. The van der Waals surface area contributed by atoms with E-state index in [4.69, 9.17) is 5.73 Å². The maximum atomic E-state index is 5.41. The van der Waals surface area contributed by atoms with Crippen molar-refractivity contribution in [3.05, 3.63) is 0 Å². The molecule has 1 nitrogen and oxygen atoms in total. The van der Waals surface area contributed by atoms with Crippen LogP contribution in [0.25, 0.3) is 0 Å². The van der Waals surface area contributed by atoms with Gasteiger partial charge in [-0.3, -0.25) is 0 Å². The minimum atomic E-state index is 0. The lowest BCUT2D eigenvalue weighted by molar-refractivity contribution is 0.521. The molecule has 1 fully saturated rings. The third-order valence-electron chi connectivity index (χ3n) is 1.80. The van der Waals surface area contributed by atoms with Crippen molar-refractivity contribution in [2.45, 2.75) is 19.8 Å². The molecule has 50 valence electrons. The number of rotatable bonds is 2. The van der Waals surface area contributed by atoms with Crippen LogP contribution >= 0.6 is 12.4 Å². The summed E-state index contributed by atoms with van der Waals surface area (Å²) in [6.45, 7) is 3.11. The van der Waals surface area contributed by atoms with Crippen LogP contribution in [0.2, 0.25) is 0 Å². The lowest BCUT2D eigenvalue weighted by atomic mass is 10.1. The maximum absolute atomic E-state index is 5.41. The number of halogens is 1. The highest BCUT2D eigenvalue weighted by atomic mass is 35.5. The van der Waals surface area contributed by atoms with E-state index in [0.29, 0.717) is 0 Å². The zero-order valence-electron chi connectivity index (χ0n) is 5.26. The van der Waals surface area contributed by atoms with Gasteiger partial charge in [-0.1, -0.05) is 6.92 Å². The molecule has 1 atom stereocenters. The van der Waals surface area contributed by atoms with Crippen molar-refractivity contribution < 1.29 is 0 Å². The lowest BCUT2D eigenvalue weighted by Crippen LogP contribution is -2.11. The summed E-state index contributed by atoms with van der Waals surface area (Å²) in [6.07, 6.45) is 2.86. The van der Waals surface area contributed by atoms with Gasteiger partial charge in [-0.15, -0.1) is 12.4 Å². The fourth-order valence-electron chi connectivity index (χ4n) is 0.858. The van der Waals surface area contributed by atoms with E-state index in [1.807, 2.05) is 0 Å². The zero-order valence-corrected chi connectivity index (χ0v) is 6.08. The van der Waals surface area contributed by atoms with Gasteiger partial charge in [0.1, 0.15) is 0 Å². The van der Waals surface area contributed by atoms with E-state index in [1.165, 1.54) is 12.8 Å². The molecule has 1 unspecified atom stereocenters. The van der Waals surface area contributed by atoms with Crippen molar-refractivity contribution >= 4 is 12.4 Å². The van der Waals surface area contributed by atoms with Crippen molar-refractivity contribution in [2.75, 3.05) is 6.54 Å². The second kappa shape index (κ2) is 3.31. The Morgan fingerprint density at radius 2 is 2.12 bits per heavy atom. The van der Waals surface area contributed by atoms with Crippen molar-refractivity contribution in [2.24, 2.45) is 17.6 Å². The highest BCUT2D eigenvalue weighted by Gasteiger charge is 2.26. The number of hydrogen-bond donors (Lipinski definition) is 1. The Labute approximate surface area is 57.1 Å². The van der Waals surface area contributed by atoms with Crippen LogP contribution in [0.4, 0.5) is 0 Å². The molecule has 0 saturated heterocycles. The van der Waals surface area contributed by atoms with Crippen molar-refractivity contribution in [1.82, 2.24) is 0 Å². The fraction of sp³-hybridized carbons (Fsp3) is 1.00. The van der Waals surface area contributed by atoms with E-state index in [-0.39, 0.29) is 12.4 Å². The molecule has 2 N–H and O–H groups in total. The SMILES string of the molecule is CC(CN)C1CC1.Cl. The van der Waals surface area contributed by atoms with Gasteiger partial charge in [-0.2, -0.15) is 0 Å². The molecule has 0 aliphatic heterocycles.